The van der Waals surface area contributed by atoms with Crippen molar-refractivity contribution in [2.75, 3.05) is 0 Å². The van der Waals surface area contributed by atoms with Crippen LogP contribution in [0.3, 0.4) is 0 Å². The number of fused-ring (bicyclic) bond motifs is 1. The molecule has 1 aromatic carbocycles. The SMILES string of the molecule is CC1=CCC(C)(C)c2ccc(C(=O)O)cc21. The average molecular weight is 216 g/mol. The summed E-state index contributed by atoms with van der Waals surface area (Å²) in [4.78, 5) is 10.9. The van der Waals surface area contributed by atoms with E-state index in [1.165, 1.54) is 11.1 Å². The van der Waals surface area contributed by atoms with Gasteiger partial charge in [0, 0.05) is 0 Å². The summed E-state index contributed by atoms with van der Waals surface area (Å²) >= 11 is 0. The lowest BCUT2D eigenvalue weighted by Crippen LogP contribution is -2.21. The molecule has 0 spiro atoms. The van der Waals surface area contributed by atoms with E-state index in [1.807, 2.05) is 13.0 Å². The summed E-state index contributed by atoms with van der Waals surface area (Å²) in [6, 6.07) is 5.43. The highest BCUT2D eigenvalue weighted by Crippen LogP contribution is 2.38. The molecule has 84 valence electrons. The number of carbonyl (C=O) groups is 1. The van der Waals surface area contributed by atoms with Gasteiger partial charge in [0.1, 0.15) is 0 Å². The van der Waals surface area contributed by atoms with Crippen molar-refractivity contribution < 1.29 is 9.90 Å². The van der Waals surface area contributed by atoms with Crippen LogP contribution in [0.15, 0.2) is 24.3 Å². The van der Waals surface area contributed by atoms with E-state index in [1.54, 1.807) is 12.1 Å². The molecule has 1 aliphatic rings. The molecule has 2 nitrogen and oxygen atoms in total. The highest BCUT2D eigenvalue weighted by Gasteiger charge is 2.27. The summed E-state index contributed by atoms with van der Waals surface area (Å²) in [6.07, 6.45) is 3.20. The molecule has 0 aromatic heterocycles. The normalized spacial score (nSPS) is 17.6. The van der Waals surface area contributed by atoms with Gasteiger partial charge in [-0.15, -0.1) is 0 Å². The van der Waals surface area contributed by atoms with Crippen molar-refractivity contribution in [2.45, 2.75) is 32.6 Å². The van der Waals surface area contributed by atoms with Gasteiger partial charge in [0.2, 0.25) is 0 Å². The van der Waals surface area contributed by atoms with Gasteiger partial charge in [-0.3, -0.25) is 0 Å². The van der Waals surface area contributed by atoms with Crippen molar-refractivity contribution in [3.05, 3.63) is 41.0 Å². The topological polar surface area (TPSA) is 37.3 Å². The second-order valence-electron chi connectivity index (χ2n) is 5.04. The Kier molecular flexibility index (Phi) is 2.38. The minimum atomic E-state index is -0.862. The van der Waals surface area contributed by atoms with E-state index in [0.29, 0.717) is 5.56 Å². The molecule has 1 aromatic rings. The summed E-state index contributed by atoms with van der Waals surface area (Å²) in [5.74, 6) is -0.862. The van der Waals surface area contributed by atoms with Crippen LogP contribution in [0.4, 0.5) is 0 Å². The number of hydrogen-bond donors (Lipinski definition) is 1. The van der Waals surface area contributed by atoms with Gasteiger partial charge >= 0.3 is 5.97 Å². The van der Waals surface area contributed by atoms with Gasteiger partial charge in [0.05, 0.1) is 5.56 Å². The minimum Gasteiger partial charge on any atom is -0.478 e. The van der Waals surface area contributed by atoms with Crippen LogP contribution in [0.25, 0.3) is 5.57 Å². The molecule has 0 fully saturated rings. The van der Waals surface area contributed by atoms with Crippen LogP contribution in [0.2, 0.25) is 0 Å². The molecule has 2 rings (SSSR count). The lowest BCUT2D eigenvalue weighted by Gasteiger charge is -2.31. The molecular weight excluding hydrogens is 200 g/mol. The van der Waals surface area contributed by atoms with Crippen LogP contribution >= 0.6 is 0 Å². The summed E-state index contributed by atoms with van der Waals surface area (Å²) in [7, 11) is 0. The quantitative estimate of drug-likeness (QED) is 0.780. The highest BCUT2D eigenvalue weighted by atomic mass is 16.4. The zero-order valence-electron chi connectivity index (χ0n) is 9.87. The van der Waals surface area contributed by atoms with E-state index in [-0.39, 0.29) is 5.41 Å². The van der Waals surface area contributed by atoms with Gasteiger partial charge in [-0.2, -0.15) is 0 Å². The molecule has 0 heterocycles. The van der Waals surface area contributed by atoms with Crippen LogP contribution in [0, 0.1) is 0 Å². The fourth-order valence-electron chi connectivity index (χ4n) is 2.22. The molecule has 1 N–H and O–H groups in total. The fraction of sp³-hybridized carbons (Fsp3) is 0.357. The maximum Gasteiger partial charge on any atom is 0.335 e. The Balaban J connectivity index is 2.63. The van der Waals surface area contributed by atoms with Crippen LogP contribution in [0.1, 0.15) is 48.7 Å². The van der Waals surface area contributed by atoms with Gasteiger partial charge in [0.15, 0.2) is 0 Å². The second kappa shape index (κ2) is 3.48. The monoisotopic (exact) mass is 216 g/mol. The first kappa shape index (κ1) is 10.9. The van der Waals surface area contributed by atoms with E-state index in [2.05, 4.69) is 19.9 Å². The molecule has 1 aliphatic carbocycles. The first-order valence-corrected chi connectivity index (χ1v) is 5.47. The summed E-state index contributed by atoms with van der Waals surface area (Å²) in [5, 5.41) is 8.98. The molecule has 0 aliphatic heterocycles. The molecular formula is C14H16O2. The Hall–Kier alpha value is -1.57. The first-order chi connectivity index (χ1) is 7.42. The summed E-state index contributed by atoms with van der Waals surface area (Å²) < 4.78 is 0. The van der Waals surface area contributed by atoms with Crippen LogP contribution in [0.5, 0.6) is 0 Å². The number of benzene rings is 1. The third kappa shape index (κ3) is 1.64. The van der Waals surface area contributed by atoms with Crippen molar-refractivity contribution in [2.24, 2.45) is 0 Å². The third-order valence-electron chi connectivity index (χ3n) is 3.34. The predicted octanol–water partition coefficient (Wildman–Crippen LogP) is 3.47. The van der Waals surface area contributed by atoms with Crippen LogP contribution in [-0.4, -0.2) is 11.1 Å². The molecule has 0 amide bonds. The van der Waals surface area contributed by atoms with Crippen molar-refractivity contribution in [1.29, 1.82) is 0 Å². The second-order valence-corrected chi connectivity index (χ2v) is 5.04. The zero-order valence-corrected chi connectivity index (χ0v) is 9.87. The number of aromatic carboxylic acids is 1. The molecule has 0 atom stereocenters. The lowest BCUT2D eigenvalue weighted by atomic mass is 9.73. The van der Waals surface area contributed by atoms with E-state index in [9.17, 15) is 4.79 Å². The molecule has 0 saturated heterocycles. The Morgan fingerprint density at radius 1 is 1.38 bits per heavy atom. The summed E-state index contributed by atoms with van der Waals surface area (Å²) in [5.41, 5.74) is 3.97. The van der Waals surface area contributed by atoms with Crippen LogP contribution in [-0.2, 0) is 5.41 Å². The smallest absolute Gasteiger partial charge is 0.335 e. The zero-order chi connectivity index (χ0) is 11.9. The van der Waals surface area contributed by atoms with E-state index >= 15 is 0 Å². The fourth-order valence-corrected chi connectivity index (χ4v) is 2.22. The maximum absolute atomic E-state index is 10.9. The summed E-state index contributed by atoms with van der Waals surface area (Å²) in [6.45, 7) is 6.42. The van der Waals surface area contributed by atoms with E-state index < -0.39 is 5.97 Å². The third-order valence-corrected chi connectivity index (χ3v) is 3.34. The van der Waals surface area contributed by atoms with Gasteiger partial charge in [0.25, 0.3) is 0 Å². The molecule has 0 unspecified atom stereocenters. The molecule has 0 saturated carbocycles. The average Bonchev–Trinajstić information content (AvgIpc) is 2.23. The van der Waals surface area contributed by atoms with Crippen molar-refractivity contribution in [3.63, 3.8) is 0 Å². The highest BCUT2D eigenvalue weighted by molar-refractivity contribution is 5.89. The number of allylic oxidation sites excluding steroid dienone is 2. The maximum atomic E-state index is 10.9. The Labute approximate surface area is 95.6 Å². The first-order valence-electron chi connectivity index (χ1n) is 5.47. The Morgan fingerprint density at radius 3 is 2.69 bits per heavy atom. The molecule has 2 heteroatoms. The van der Waals surface area contributed by atoms with E-state index in [0.717, 1.165) is 12.0 Å². The van der Waals surface area contributed by atoms with Gasteiger partial charge in [-0.05, 0) is 47.6 Å². The van der Waals surface area contributed by atoms with Crippen molar-refractivity contribution >= 4 is 11.5 Å². The van der Waals surface area contributed by atoms with Crippen molar-refractivity contribution in [1.82, 2.24) is 0 Å². The molecule has 16 heavy (non-hydrogen) atoms. The molecule has 0 radical (unpaired) electrons. The Morgan fingerprint density at radius 2 is 2.06 bits per heavy atom. The number of carboxylic acids is 1. The number of carboxylic acid groups (broad SMARTS) is 1. The Bertz CT molecular complexity index is 482. The van der Waals surface area contributed by atoms with Gasteiger partial charge in [-0.1, -0.05) is 26.0 Å². The van der Waals surface area contributed by atoms with Crippen molar-refractivity contribution in [3.8, 4) is 0 Å². The van der Waals surface area contributed by atoms with Crippen LogP contribution < -0.4 is 0 Å². The predicted molar refractivity (Wildman–Crippen MR) is 64.7 cm³/mol. The largest absolute Gasteiger partial charge is 0.478 e. The number of rotatable bonds is 1. The van der Waals surface area contributed by atoms with Gasteiger partial charge in [-0.25, -0.2) is 4.79 Å². The minimum absolute atomic E-state index is 0.103. The standard InChI is InChI=1S/C14H16O2/c1-9-6-7-14(2,3)12-5-4-10(13(15)16)8-11(9)12/h4-6,8H,7H2,1-3H3,(H,15,16). The lowest BCUT2D eigenvalue weighted by molar-refractivity contribution is 0.0697. The van der Waals surface area contributed by atoms with Gasteiger partial charge < -0.3 is 5.11 Å². The molecule has 0 bridgehead atoms. The number of hydrogen-bond acceptors (Lipinski definition) is 1. The van der Waals surface area contributed by atoms with E-state index in [4.69, 9.17) is 5.11 Å².